The molecule has 0 aliphatic carbocycles. The van der Waals surface area contributed by atoms with Gasteiger partial charge in [0.05, 0.1) is 7.11 Å². The fourth-order valence-electron chi connectivity index (χ4n) is 2.33. The molecule has 1 aromatic carbocycles. The van der Waals surface area contributed by atoms with E-state index >= 15 is 0 Å². The van der Waals surface area contributed by atoms with Crippen molar-refractivity contribution in [1.82, 2.24) is 0 Å². The lowest BCUT2D eigenvalue weighted by molar-refractivity contribution is 0.0662. The molecule has 0 amide bonds. The van der Waals surface area contributed by atoms with Crippen molar-refractivity contribution in [3.05, 3.63) is 29.8 Å². The standard InChI is InChI=1S/C14H19BrO2/c1-16-14-5-3-2-4-12(14)10-13(15)11-6-8-17-9-7-11/h2-5,11,13H,6-10H2,1H3. The summed E-state index contributed by atoms with van der Waals surface area (Å²) in [5.74, 6) is 1.71. The van der Waals surface area contributed by atoms with Gasteiger partial charge in [0.25, 0.3) is 0 Å². The number of methoxy groups -OCH3 is 1. The molecule has 3 heteroatoms. The van der Waals surface area contributed by atoms with Gasteiger partial charge in [0, 0.05) is 18.0 Å². The molecule has 1 fully saturated rings. The summed E-state index contributed by atoms with van der Waals surface area (Å²) in [5, 5.41) is 0. The molecule has 1 heterocycles. The van der Waals surface area contributed by atoms with Crippen LogP contribution in [-0.4, -0.2) is 25.2 Å². The molecule has 2 nitrogen and oxygen atoms in total. The average Bonchev–Trinajstić information content (AvgIpc) is 2.40. The third kappa shape index (κ3) is 3.46. The summed E-state index contributed by atoms with van der Waals surface area (Å²) in [6, 6.07) is 8.26. The molecule has 0 spiro atoms. The molecule has 0 bridgehead atoms. The van der Waals surface area contributed by atoms with E-state index in [1.54, 1.807) is 7.11 Å². The predicted octanol–water partition coefficient (Wildman–Crippen LogP) is 3.43. The molecule has 94 valence electrons. The Morgan fingerprint density at radius 2 is 2.06 bits per heavy atom. The summed E-state index contributed by atoms with van der Waals surface area (Å²) in [6.45, 7) is 1.80. The Balaban J connectivity index is 1.99. The monoisotopic (exact) mass is 298 g/mol. The molecule has 2 rings (SSSR count). The predicted molar refractivity (Wildman–Crippen MR) is 73.0 cm³/mol. The Labute approximate surface area is 111 Å². The molecule has 17 heavy (non-hydrogen) atoms. The Kier molecular flexibility index (Phi) is 4.86. The second kappa shape index (κ2) is 6.41. The Morgan fingerprint density at radius 1 is 1.35 bits per heavy atom. The second-order valence-electron chi connectivity index (χ2n) is 4.48. The lowest BCUT2D eigenvalue weighted by Gasteiger charge is -2.27. The minimum atomic E-state index is 0.516. The summed E-state index contributed by atoms with van der Waals surface area (Å²) in [5.41, 5.74) is 1.28. The number of ether oxygens (including phenoxy) is 2. The van der Waals surface area contributed by atoms with Gasteiger partial charge in [-0.3, -0.25) is 0 Å². The van der Waals surface area contributed by atoms with Crippen LogP contribution in [0.1, 0.15) is 18.4 Å². The van der Waals surface area contributed by atoms with E-state index in [9.17, 15) is 0 Å². The maximum Gasteiger partial charge on any atom is 0.122 e. The van der Waals surface area contributed by atoms with Crippen LogP contribution in [-0.2, 0) is 11.2 Å². The molecule has 1 unspecified atom stereocenters. The molecular weight excluding hydrogens is 280 g/mol. The zero-order chi connectivity index (χ0) is 12.1. The van der Waals surface area contributed by atoms with E-state index in [2.05, 4.69) is 28.1 Å². The summed E-state index contributed by atoms with van der Waals surface area (Å²) >= 11 is 3.83. The second-order valence-corrected chi connectivity index (χ2v) is 5.66. The molecule has 0 aromatic heterocycles. The van der Waals surface area contributed by atoms with Gasteiger partial charge in [0.1, 0.15) is 5.75 Å². The highest BCUT2D eigenvalue weighted by atomic mass is 79.9. The van der Waals surface area contributed by atoms with Gasteiger partial charge in [-0.25, -0.2) is 0 Å². The van der Waals surface area contributed by atoms with Crippen molar-refractivity contribution in [3.8, 4) is 5.75 Å². The van der Waals surface area contributed by atoms with E-state index in [1.807, 2.05) is 12.1 Å². The molecule has 0 radical (unpaired) electrons. The minimum absolute atomic E-state index is 0.516. The molecule has 1 aromatic rings. The summed E-state index contributed by atoms with van der Waals surface area (Å²) < 4.78 is 10.8. The number of para-hydroxylation sites is 1. The van der Waals surface area contributed by atoms with Gasteiger partial charge >= 0.3 is 0 Å². The first-order chi connectivity index (χ1) is 8.31. The smallest absolute Gasteiger partial charge is 0.122 e. The normalized spacial score (nSPS) is 18.9. The highest BCUT2D eigenvalue weighted by molar-refractivity contribution is 9.09. The van der Waals surface area contributed by atoms with Gasteiger partial charge < -0.3 is 9.47 Å². The van der Waals surface area contributed by atoms with Crippen LogP contribution in [0.15, 0.2) is 24.3 Å². The van der Waals surface area contributed by atoms with Crippen LogP contribution >= 0.6 is 15.9 Å². The van der Waals surface area contributed by atoms with Gasteiger partial charge in [-0.05, 0) is 36.8 Å². The first kappa shape index (κ1) is 12.9. The van der Waals surface area contributed by atoms with E-state index in [0.717, 1.165) is 38.2 Å². The molecule has 0 N–H and O–H groups in total. The van der Waals surface area contributed by atoms with Crippen molar-refractivity contribution >= 4 is 15.9 Å². The van der Waals surface area contributed by atoms with Crippen molar-refractivity contribution < 1.29 is 9.47 Å². The van der Waals surface area contributed by atoms with E-state index < -0.39 is 0 Å². The summed E-state index contributed by atoms with van der Waals surface area (Å²) in [4.78, 5) is 0.516. The SMILES string of the molecule is COc1ccccc1CC(Br)C1CCOCC1. The van der Waals surface area contributed by atoms with Crippen LogP contribution in [0.2, 0.25) is 0 Å². The first-order valence-corrected chi connectivity index (χ1v) is 7.06. The lowest BCUT2D eigenvalue weighted by Crippen LogP contribution is -2.25. The Hall–Kier alpha value is -0.540. The van der Waals surface area contributed by atoms with Gasteiger partial charge in [0.15, 0.2) is 0 Å². The number of hydrogen-bond donors (Lipinski definition) is 0. The van der Waals surface area contributed by atoms with Crippen LogP contribution in [0.5, 0.6) is 5.75 Å². The first-order valence-electron chi connectivity index (χ1n) is 6.15. The number of hydrogen-bond acceptors (Lipinski definition) is 2. The molecule has 1 atom stereocenters. The highest BCUT2D eigenvalue weighted by Crippen LogP contribution is 2.29. The van der Waals surface area contributed by atoms with Crippen molar-refractivity contribution in [3.63, 3.8) is 0 Å². The molecule has 0 saturated carbocycles. The van der Waals surface area contributed by atoms with Crippen LogP contribution in [0.3, 0.4) is 0 Å². The van der Waals surface area contributed by atoms with Gasteiger partial charge in [-0.2, -0.15) is 0 Å². The summed E-state index contributed by atoms with van der Waals surface area (Å²) in [7, 11) is 1.73. The van der Waals surface area contributed by atoms with Crippen molar-refractivity contribution in [2.75, 3.05) is 20.3 Å². The van der Waals surface area contributed by atoms with Gasteiger partial charge in [0.2, 0.25) is 0 Å². The molecule has 1 saturated heterocycles. The fourth-order valence-corrected chi connectivity index (χ4v) is 3.20. The molecular formula is C14H19BrO2. The third-order valence-corrected chi connectivity index (χ3v) is 4.46. The van der Waals surface area contributed by atoms with E-state index in [1.165, 1.54) is 5.56 Å². The van der Waals surface area contributed by atoms with E-state index in [4.69, 9.17) is 9.47 Å². The third-order valence-electron chi connectivity index (χ3n) is 3.38. The van der Waals surface area contributed by atoms with Crippen LogP contribution < -0.4 is 4.74 Å². The number of alkyl halides is 1. The largest absolute Gasteiger partial charge is 0.496 e. The number of halogens is 1. The Bertz CT molecular complexity index is 348. The topological polar surface area (TPSA) is 18.5 Å². The quantitative estimate of drug-likeness (QED) is 0.793. The van der Waals surface area contributed by atoms with E-state index in [0.29, 0.717) is 10.7 Å². The average molecular weight is 299 g/mol. The van der Waals surface area contributed by atoms with Crippen molar-refractivity contribution in [2.45, 2.75) is 24.1 Å². The zero-order valence-corrected chi connectivity index (χ0v) is 11.8. The van der Waals surface area contributed by atoms with Crippen molar-refractivity contribution in [2.24, 2.45) is 5.92 Å². The van der Waals surface area contributed by atoms with Crippen LogP contribution in [0, 0.1) is 5.92 Å². The number of rotatable bonds is 4. The number of benzene rings is 1. The lowest BCUT2D eigenvalue weighted by atomic mass is 9.92. The van der Waals surface area contributed by atoms with Crippen LogP contribution in [0.25, 0.3) is 0 Å². The fraction of sp³-hybridized carbons (Fsp3) is 0.571. The highest BCUT2D eigenvalue weighted by Gasteiger charge is 2.22. The van der Waals surface area contributed by atoms with E-state index in [-0.39, 0.29) is 0 Å². The zero-order valence-electron chi connectivity index (χ0n) is 10.2. The van der Waals surface area contributed by atoms with Gasteiger partial charge in [-0.1, -0.05) is 34.1 Å². The molecule has 1 aliphatic rings. The summed E-state index contributed by atoms with van der Waals surface area (Å²) in [6.07, 6.45) is 3.34. The van der Waals surface area contributed by atoms with Crippen molar-refractivity contribution in [1.29, 1.82) is 0 Å². The maximum absolute atomic E-state index is 5.40. The molecule has 1 aliphatic heterocycles. The van der Waals surface area contributed by atoms with Gasteiger partial charge in [-0.15, -0.1) is 0 Å². The Morgan fingerprint density at radius 3 is 2.76 bits per heavy atom. The minimum Gasteiger partial charge on any atom is -0.496 e. The van der Waals surface area contributed by atoms with Crippen LogP contribution in [0.4, 0.5) is 0 Å². The maximum atomic E-state index is 5.40.